The molecule has 2 unspecified atom stereocenters. The highest BCUT2D eigenvalue weighted by Gasteiger charge is 2.32. The van der Waals surface area contributed by atoms with Crippen molar-refractivity contribution < 1.29 is 14.6 Å². The van der Waals surface area contributed by atoms with Crippen LogP contribution in [0.3, 0.4) is 0 Å². The van der Waals surface area contributed by atoms with Crippen molar-refractivity contribution in [2.75, 3.05) is 0 Å². The van der Waals surface area contributed by atoms with Gasteiger partial charge in [-0.15, -0.1) is 0 Å². The van der Waals surface area contributed by atoms with Gasteiger partial charge in [0, 0.05) is 0 Å². The molecular formula is C9H14O3. The zero-order chi connectivity index (χ0) is 9.35. The molecule has 1 aliphatic heterocycles. The molecule has 1 aliphatic rings. The molecule has 0 saturated carbocycles. The Morgan fingerprint density at radius 3 is 2.25 bits per heavy atom. The summed E-state index contributed by atoms with van der Waals surface area (Å²) in [6.07, 6.45) is 2.57. The molecule has 0 aromatic carbocycles. The van der Waals surface area contributed by atoms with Gasteiger partial charge in [-0.05, 0) is 11.5 Å². The van der Waals surface area contributed by atoms with Gasteiger partial charge in [0.1, 0.15) is 0 Å². The van der Waals surface area contributed by atoms with Crippen LogP contribution in [0.1, 0.15) is 20.8 Å². The molecule has 0 fully saturated rings. The third-order valence-electron chi connectivity index (χ3n) is 1.85. The molecule has 3 heteroatoms. The number of carboxylic acid groups (broad SMARTS) is 1. The van der Waals surface area contributed by atoms with Crippen LogP contribution in [0.25, 0.3) is 0 Å². The summed E-state index contributed by atoms with van der Waals surface area (Å²) in [5, 5.41) is 8.62. The molecule has 0 aromatic heterocycles. The summed E-state index contributed by atoms with van der Waals surface area (Å²) in [5.74, 6) is -0.919. The highest BCUT2D eigenvalue weighted by Crippen LogP contribution is 2.28. The van der Waals surface area contributed by atoms with Crippen LogP contribution >= 0.6 is 0 Å². The van der Waals surface area contributed by atoms with Crippen LogP contribution in [0.4, 0.5) is 0 Å². The Morgan fingerprint density at radius 2 is 2.00 bits per heavy atom. The van der Waals surface area contributed by atoms with E-state index in [1.807, 2.05) is 26.8 Å². The van der Waals surface area contributed by atoms with Crippen molar-refractivity contribution in [1.29, 1.82) is 0 Å². The van der Waals surface area contributed by atoms with Crippen LogP contribution < -0.4 is 0 Å². The van der Waals surface area contributed by atoms with Crippen LogP contribution in [-0.2, 0) is 9.53 Å². The molecule has 0 bridgehead atoms. The molecule has 0 radical (unpaired) electrons. The van der Waals surface area contributed by atoms with E-state index < -0.39 is 12.1 Å². The van der Waals surface area contributed by atoms with Crippen molar-refractivity contribution in [3.05, 3.63) is 12.2 Å². The van der Waals surface area contributed by atoms with Crippen LogP contribution in [0.5, 0.6) is 0 Å². The standard InChI is InChI=1S/C9H14O3/c1-9(2,3)7-5-4-6(12-7)8(10)11/h4-7H,1-3H3,(H,10,11). The monoisotopic (exact) mass is 170 g/mol. The molecular weight excluding hydrogens is 156 g/mol. The van der Waals surface area contributed by atoms with Gasteiger partial charge in [-0.25, -0.2) is 4.79 Å². The first-order valence-corrected chi connectivity index (χ1v) is 3.98. The molecule has 1 N–H and O–H groups in total. The molecule has 0 amide bonds. The first-order valence-electron chi connectivity index (χ1n) is 3.98. The predicted molar refractivity (Wildman–Crippen MR) is 44.9 cm³/mol. The van der Waals surface area contributed by atoms with Gasteiger partial charge in [0.15, 0.2) is 6.10 Å². The molecule has 0 saturated heterocycles. The molecule has 1 rings (SSSR count). The van der Waals surface area contributed by atoms with Crippen molar-refractivity contribution >= 4 is 5.97 Å². The predicted octanol–water partition coefficient (Wildman–Crippen LogP) is 1.44. The third-order valence-corrected chi connectivity index (χ3v) is 1.85. The van der Waals surface area contributed by atoms with Crippen LogP contribution in [0.2, 0.25) is 0 Å². The molecule has 0 aromatic rings. The van der Waals surface area contributed by atoms with Crippen LogP contribution in [0.15, 0.2) is 12.2 Å². The van der Waals surface area contributed by atoms with E-state index in [0.717, 1.165) is 0 Å². The van der Waals surface area contributed by atoms with Gasteiger partial charge in [-0.1, -0.05) is 26.8 Å². The lowest BCUT2D eigenvalue weighted by molar-refractivity contribution is -0.149. The van der Waals surface area contributed by atoms with Crippen LogP contribution in [0, 0.1) is 5.41 Å². The number of ether oxygens (including phenoxy) is 1. The number of carbonyl (C=O) groups is 1. The van der Waals surface area contributed by atoms with Crippen molar-refractivity contribution in [2.24, 2.45) is 5.41 Å². The molecule has 0 spiro atoms. The van der Waals surface area contributed by atoms with E-state index in [1.54, 1.807) is 6.08 Å². The minimum Gasteiger partial charge on any atom is -0.479 e. The highest BCUT2D eigenvalue weighted by molar-refractivity contribution is 5.75. The van der Waals surface area contributed by atoms with E-state index in [-0.39, 0.29) is 11.5 Å². The average Bonchev–Trinajstić information content (AvgIpc) is 2.30. The fourth-order valence-electron chi connectivity index (χ4n) is 1.08. The quantitative estimate of drug-likeness (QED) is 0.606. The van der Waals surface area contributed by atoms with E-state index >= 15 is 0 Å². The maximum absolute atomic E-state index is 10.5. The summed E-state index contributed by atoms with van der Waals surface area (Å²) < 4.78 is 5.28. The van der Waals surface area contributed by atoms with Crippen molar-refractivity contribution in [1.82, 2.24) is 0 Å². The summed E-state index contributed by atoms with van der Waals surface area (Å²) >= 11 is 0. The number of hydrogen-bond acceptors (Lipinski definition) is 2. The topological polar surface area (TPSA) is 46.5 Å². The van der Waals surface area contributed by atoms with Gasteiger partial charge in [0.05, 0.1) is 6.10 Å². The number of hydrogen-bond donors (Lipinski definition) is 1. The Kier molecular flexibility index (Phi) is 2.24. The van der Waals surface area contributed by atoms with Crippen LogP contribution in [-0.4, -0.2) is 23.3 Å². The number of aliphatic carboxylic acids is 1. The van der Waals surface area contributed by atoms with E-state index in [1.165, 1.54) is 0 Å². The van der Waals surface area contributed by atoms with Crippen molar-refractivity contribution in [3.63, 3.8) is 0 Å². The molecule has 3 nitrogen and oxygen atoms in total. The number of rotatable bonds is 1. The highest BCUT2D eigenvalue weighted by atomic mass is 16.5. The van der Waals surface area contributed by atoms with Gasteiger partial charge >= 0.3 is 5.97 Å². The Hall–Kier alpha value is -0.830. The Morgan fingerprint density at radius 1 is 1.42 bits per heavy atom. The lowest BCUT2D eigenvalue weighted by atomic mass is 9.89. The fourth-order valence-corrected chi connectivity index (χ4v) is 1.08. The summed E-state index contributed by atoms with van der Waals surface area (Å²) in [6.45, 7) is 6.06. The van der Waals surface area contributed by atoms with Gasteiger partial charge in [-0.2, -0.15) is 0 Å². The summed E-state index contributed by atoms with van der Waals surface area (Å²) in [4.78, 5) is 10.5. The normalized spacial score (nSPS) is 29.2. The summed E-state index contributed by atoms with van der Waals surface area (Å²) in [5.41, 5.74) is -0.0271. The Balaban J connectivity index is 2.59. The van der Waals surface area contributed by atoms with Gasteiger partial charge < -0.3 is 9.84 Å². The van der Waals surface area contributed by atoms with Gasteiger partial charge in [-0.3, -0.25) is 0 Å². The zero-order valence-electron chi connectivity index (χ0n) is 7.57. The van der Waals surface area contributed by atoms with E-state index in [4.69, 9.17) is 9.84 Å². The first-order chi connectivity index (χ1) is 5.41. The molecule has 68 valence electrons. The second-order valence-electron chi connectivity index (χ2n) is 4.07. The maximum Gasteiger partial charge on any atom is 0.336 e. The number of carboxylic acids is 1. The Labute approximate surface area is 72.0 Å². The third kappa shape index (κ3) is 1.85. The lowest BCUT2D eigenvalue weighted by Gasteiger charge is -2.25. The van der Waals surface area contributed by atoms with E-state index in [2.05, 4.69) is 0 Å². The Bertz CT molecular complexity index is 212. The molecule has 12 heavy (non-hydrogen) atoms. The minimum atomic E-state index is -0.919. The zero-order valence-corrected chi connectivity index (χ0v) is 7.57. The summed E-state index contributed by atoms with van der Waals surface area (Å²) in [6, 6.07) is 0. The van der Waals surface area contributed by atoms with Crippen molar-refractivity contribution in [2.45, 2.75) is 33.0 Å². The maximum atomic E-state index is 10.5. The second-order valence-corrected chi connectivity index (χ2v) is 4.07. The summed E-state index contributed by atoms with van der Waals surface area (Å²) in [7, 11) is 0. The SMILES string of the molecule is CC(C)(C)C1C=CC(C(=O)O)O1. The molecule has 0 aliphatic carbocycles. The first kappa shape index (κ1) is 9.26. The minimum absolute atomic E-state index is 0.0271. The van der Waals surface area contributed by atoms with E-state index in [0.29, 0.717) is 0 Å². The molecule has 1 heterocycles. The fraction of sp³-hybridized carbons (Fsp3) is 0.667. The smallest absolute Gasteiger partial charge is 0.336 e. The second kappa shape index (κ2) is 2.90. The van der Waals surface area contributed by atoms with Gasteiger partial charge in [0.25, 0.3) is 0 Å². The van der Waals surface area contributed by atoms with E-state index in [9.17, 15) is 4.79 Å². The largest absolute Gasteiger partial charge is 0.479 e. The average molecular weight is 170 g/mol. The van der Waals surface area contributed by atoms with Gasteiger partial charge in [0.2, 0.25) is 0 Å². The van der Waals surface area contributed by atoms with Crippen molar-refractivity contribution in [3.8, 4) is 0 Å². The lowest BCUT2D eigenvalue weighted by Crippen LogP contribution is -2.29. The molecule has 2 atom stereocenters.